The van der Waals surface area contributed by atoms with Crippen LogP contribution in [0.25, 0.3) is 10.9 Å². The van der Waals surface area contributed by atoms with Crippen molar-refractivity contribution in [3.05, 3.63) is 76.7 Å². The number of sulfone groups is 1. The monoisotopic (exact) mass is 443 g/mol. The summed E-state index contributed by atoms with van der Waals surface area (Å²) in [5.41, 5.74) is 2.66. The Morgan fingerprint density at radius 3 is 2.53 bits per heavy atom. The molecule has 0 radical (unpaired) electrons. The van der Waals surface area contributed by atoms with Gasteiger partial charge in [0.1, 0.15) is 5.82 Å². The maximum absolute atomic E-state index is 13.8. The van der Waals surface area contributed by atoms with E-state index in [0.717, 1.165) is 54.1 Å². The third-order valence-corrected chi connectivity index (χ3v) is 9.51. The van der Waals surface area contributed by atoms with Crippen molar-refractivity contribution in [3.8, 4) is 0 Å². The second-order valence-corrected chi connectivity index (χ2v) is 11.4. The van der Waals surface area contributed by atoms with Gasteiger partial charge >= 0.3 is 0 Å². The van der Waals surface area contributed by atoms with E-state index in [2.05, 4.69) is 4.98 Å². The highest BCUT2D eigenvalue weighted by atomic mass is 35.5. The second-order valence-electron chi connectivity index (χ2n) is 8.82. The lowest BCUT2D eigenvalue weighted by molar-refractivity contribution is 0.307. The average Bonchev–Trinajstić information content (AvgIpc) is 3.44. The predicted octanol–water partition coefficient (Wildman–Crippen LogP) is 6.06. The molecule has 0 N–H and O–H groups in total. The number of hydrogen-bond acceptors (Lipinski definition) is 3. The van der Waals surface area contributed by atoms with Gasteiger partial charge in [0.2, 0.25) is 0 Å². The van der Waals surface area contributed by atoms with Crippen LogP contribution in [-0.2, 0) is 15.6 Å². The first-order valence-corrected chi connectivity index (χ1v) is 12.5. The normalized spacial score (nSPS) is 26.2. The summed E-state index contributed by atoms with van der Waals surface area (Å²) in [7, 11) is -3.19. The molecule has 6 heteroatoms. The van der Waals surface area contributed by atoms with Crippen LogP contribution in [0.3, 0.4) is 0 Å². The number of hydrogen-bond donors (Lipinski definition) is 0. The number of halogens is 2. The van der Waals surface area contributed by atoms with E-state index >= 15 is 0 Å². The van der Waals surface area contributed by atoms with Crippen molar-refractivity contribution < 1.29 is 12.8 Å². The van der Waals surface area contributed by atoms with Gasteiger partial charge in [-0.25, -0.2) is 12.8 Å². The summed E-state index contributed by atoms with van der Waals surface area (Å²) in [5, 5.41) is 1.25. The fourth-order valence-electron chi connectivity index (χ4n) is 5.26. The van der Waals surface area contributed by atoms with E-state index in [9.17, 15) is 12.8 Å². The SMILES string of the molecule is O=S(=O)(Cc1ccc(Cl)cc1)C1CC12CCC(c1ccnc3ccc(F)cc13)CC2. The van der Waals surface area contributed by atoms with Gasteiger partial charge in [0.15, 0.2) is 9.84 Å². The first kappa shape index (κ1) is 20.0. The summed E-state index contributed by atoms with van der Waals surface area (Å²) in [6.45, 7) is 0. The molecule has 1 spiro atoms. The summed E-state index contributed by atoms with van der Waals surface area (Å²) < 4.78 is 39.8. The lowest BCUT2D eigenvalue weighted by Crippen LogP contribution is -2.22. The van der Waals surface area contributed by atoms with Crippen molar-refractivity contribution in [3.63, 3.8) is 0 Å². The van der Waals surface area contributed by atoms with Gasteiger partial charge in [0.25, 0.3) is 0 Å². The van der Waals surface area contributed by atoms with Crippen LogP contribution in [0.5, 0.6) is 0 Å². The van der Waals surface area contributed by atoms with Gasteiger partial charge in [0, 0.05) is 16.6 Å². The number of benzene rings is 2. The van der Waals surface area contributed by atoms with Gasteiger partial charge < -0.3 is 0 Å². The topological polar surface area (TPSA) is 47.0 Å². The first-order valence-electron chi connectivity index (χ1n) is 10.4. The van der Waals surface area contributed by atoms with E-state index < -0.39 is 9.84 Å². The van der Waals surface area contributed by atoms with Crippen molar-refractivity contribution in [2.45, 2.75) is 49.0 Å². The summed E-state index contributed by atoms with van der Waals surface area (Å²) in [6, 6.07) is 13.8. The van der Waals surface area contributed by atoms with E-state index in [4.69, 9.17) is 11.6 Å². The molecule has 156 valence electrons. The zero-order valence-electron chi connectivity index (χ0n) is 16.5. The molecule has 0 amide bonds. The van der Waals surface area contributed by atoms with E-state index in [1.54, 1.807) is 42.6 Å². The van der Waals surface area contributed by atoms with Crippen LogP contribution in [-0.4, -0.2) is 18.7 Å². The lowest BCUT2D eigenvalue weighted by Gasteiger charge is -2.30. The smallest absolute Gasteiger partial charge is 0.157 e. The van der Waals surface area contributed by atoms with E-state index in [1.807, 2.05) is 6.07 Å². The maximum Gasteiger partial charge on any atom is 0.157 e. The largest absolute Gasteiger partial charge is 0.256 e. The molecule has 2 aromatic carbocycles. The molecule has 1 heterocycles. The van der Waals surface area contributed by atoms with Gasteiger partial charge in [-0.2, -0.15) is 0 Å². The Bertz CT molecular complexity index is 1200. The highest BCUT2D eigenvalue weighted by Crippen LogP contribution is 2.62. The second kappa shape index (κ2) is 7.31. The Balaban J connectivity index is 1.30. The van der Waals surface area contributed by atoms with Crippen molar-refractivity contribution >= 4 is 32.3 Å². The highest BCUT2D eigenvalue weighted by molar-refractivity contribution is 7.91. The first-order chi connectivity index (χ1) is 14.4. The number of fused-ring (bicyclic) bond motifs is 1. The highest BCUT2D eigenvalue weighted by Gasteiger charge is 2.60. The number of rotatable bonds is 4. The minimum atomic E-state index is -3.19. The molecule has 2 fully saturated rings. The molecule has 30 heavy (non-hydrogen) atoms. The van der Waals surface area contributed by atoms with Crippen LogP contribution in [0.2, 0.25) is 5.02 Å². The Hall–Kier alpha value is -1.98. The van der Waals surface area contributed by atoms with Crippen molar-refractivity contribution in [1.29, 1.82) is 0 Å². The van der Waals surface area contributed by atoms with Gasteiger partial charge in [0.05, 0.1) is 16.5 Å². The molecule has 2 aliphatic rings. The molecule has 3 nitrogen and oxygen atoms in total. The van der Waals surface area contributed by atoms with E-state index in [1.165, 1.54) is 6.07 Å². The molecule has 2 saturated carbocycles. The minimum Gasteiger partial charge on any atom is -0.256 e. The third kappa shape index (κ3) is 3.63. The van der Waals surface area contributed by atoms with Crippen LogP contribution in [0.1, 0.15) is 49.1 Å². The Morgan fingerprint density at radius 1 is 1.07 bits per heavy atom. The molecule has 1 atom stereocenters. The Labute approximate surface area is 181 Å². The Morgan fingerprint density at radius 2 is 1.80 bits per heavy atom. The zero-order chi connectivity index (χ0) is 20.9. The predicted molar refractivity (Wildman–Crippen MR) is 118 cm³/mol. The lowest BCUT2D eigenvalue weighted by atomic mass is 9.76. The summed E-state index contributed by atoms with van der Waals surface area (Å²) in [5.74, 6) is 0.150. The summed E-state index contributed by atoms with van der Waals surface area (Å²) in [6.07, 6.45) is 6.23. The summed E-state index contributed by atoms with van der Waals surface area (Å²) in [4.78, 5) is 4.35. The molecule has 1 unspecified atom stereocenters. The van der Waals surface area contributed by atoms with Crippen LogP contribution in [0.15, 0.2) is 54.7 Å². The molecule has 1 aromatic heterocycles. The molecular weight excluding hydrogens is 421 g/mol. The quantitative estimate of drug-likeness (QED) is 0.492. The number of pyridine rings is 1. The zero-order valence-corrected chi connectivity index (χ0v) is 18.1. The van der Waals surface area contributed by atoms with E-state index in [-0.39, 0.29) is 22.2 Å². The minimum absolute atomic E-state index is 0.0736. The van der Waals surface area contributed by atoms with Crippen molar-refractivity contribution in [2.24, 2.45) is 5.41 Å². The molecule has 0 saturated heterocycles. The fraction of sp³-hybridized carbons (Fsp3) is 0.375. The molecule has 0 bridgehead atoms. The van der Waals surface area contributed by atoms with Gasteiger partial charge in [-0.15, -0.1) is 0 Å². The third-order valence-electron chi connectivity index (χ3n) is 6.99. The van der Waals surface area contributed by atoms with Crippen LogP contribution < -0.4 is 0 Å². The van der Waals surface area contributed by atoms with Crippen molar-refractivity contribution in [1.82, 2.24) is 4.98 Å². The maximum atomic E-state index is 13.8. The standard InChI is InChI=1S/C24H23ClFNO2S/c25-18-3-1-16(2-4-18)15-30(28,29)23-14-24(23)10-7-17(8-11-24)20-9-12-27-22-6-5-19(26)13-21(20)22/h1-6,9,12-13,17,23H,7-8,10-11,14-15H2. The molecule has 3 aromatic rings. The number of aromatic nitrogens is 1. The van der Waals surface area contributed by atoms with Crippen LogP contribution in [0.4, 0.5) is 4.39 Å². The van der Waals surface area contributed by atoms with Gasteiger partial charge in [-0.3, -0.25) is 4.98 Å². The van der Waals surface area contributed by atoms with E-state index in [0.29, 0.717) is 10.9 Å². The van der Waals surface area contributed by atoms with Crippen LogP contribution >= 0.6 is 11.6 Å². The molecule has 2 aliphatic carbocycles. The molecule has 0 aliphatic heterocycles. The number of nitrogens with zero attached hydrogens (tertiary/aromatic N) is 1. The Kier molecular flexibility index (Phi) is 4.86. The fourth-order valence-corrected chi connectivity index (χ4v) is 7.82. The van der Waals surface area contributed by atoms with Gasteiger partial charge in [-0.1, -0.05) is 23.7 Å². The van der Waals surface area contributed by atoms with Crippen LogP contribution in [0, 0.1) is 11.2 Å². The molecular formula is C24H23ClFNO2S. The average molecular weight is 444 g/mol. The van der Waals surface area contributed by atoms with Crippen molar-refractivity contribution in [2.75, 3.05) is 0 Å². The summed E-state index contributed by atoms with van der Waals surface area (Å²) >= 11 is 5.91. The molecule has 5 rings (SSSR count). The van der Waals surface area contributed by atoms with Gasteiger partial charge in [-0.05, 0) is 91.0 Å².